The highest BCUT2D eigenvalue weighted by molar-refractivity contribution is 5.78. The van der Waals surface area contributed by atoms with Crippen LogP contribution in [0, 0.1) is 5.92 Å². The molecule has 1 unspecified atom stereocenters. The molecule has 0 saturated carbocycles. The van der Waals surface area contributed by atoms with Crippen molar-refractivity contribution in [3.63, 3.8) is 0 Å². The smallest absolute Gasteiger partial charge is 0.303 e. The van der Waals surface area contributed by atoms with Crippen molar-refractivity contribution in [1.29, 1.82) is 0 Å². The van der Waals surface area contributed by atoms with Crippen molar-refractivity contribution in [2.75, 3.05) is 20.1 Å². The van der Waals surface area contributed by atoms with Gasteiger partial charge >= 0.3 is 5.97 Å². The zero-order valence-electron chi connectivity index (χ0n) is 13.6. The molecular formula is C16H32N2O3. The van der Waals surface area contributed by atoms with Crippen molar-refractivity contribution in [3.05, 3.63) is 0 Å². The molecular weight excluding hydrogens is 268 g/mol. The van der Waals surface area contributed by atoms with E-state index in [9.17, 15) is 9.59 Å². The molecule has 1 atom stereocenters. The highest BCUT2D eigenvalue weighted by Crippen LogP contribution is 2.15. The van der Waals surface area contributed by atoms with Crippen LogP contribution in [0.4, 0.5) is 0 Å². The normalized spacial score (nSPS) is 12.1. The van der Waals surface area contributed by atoms with Crippen LogP contribution in [0.15, 0.2) is 0 Å². The van der Waals surface area contributed by atoms with Crippen LogP contribution in [0.1, 0.15) is 64.7 Å². The van der Waals surface area contributed by atoms with Crippen LogP contribution in [-0.4, -0.2) is 37.1 Å². The Morgan fingerprint density at radius 1 is 1.00 bits per heavy atom. The highest BCUT2D eigenvalue weighted by atomic mass is 16.4. The van der Waals surface area contributed by atoms with Gasteiger partial charge in [-0.2, -0.15) is 0 Å². The number of hydrogen-bond donors (Lipinski definition) is 3. The summed E-state index contributed by atoms with van der Waals surface area (Å²) in [6, 6.07) is 0. The van der Waals surface area contributed by atoms with Gasteiger partial charge in [-0.3, -0.25) is 9.59 Å². The van der Waals surface area contributed by atoms with Crippen LogP contribution < -0.4 is 10.6 Å². The lowest BCUT2D eigenvalue weighted by Gasteiger charge is -2.16. The Labute approximate surface area is 128 Å². The lowest BCUT2D eigenvalue weighted by atomic mass is 9.96. The fourth-order valence-corrected chi connectivity index (χ4v) is 2.38. The second kappa shape index (κ2) is 13.9. The van der Waals surface area contributed by atoms with E-state index in [0.717, 1.165) is 51.5 Å². The molecule has 0 spiro atoms. The summed E-state index contributed by atoms with van der Waals surface area (Å²) >= 11 is 0. The molecule has 124 valence electrons. The van der Waals surface area contributed by atoms with E-state index < -0.39 is 5.97 Å². The van der Waals surface area contributed by atoms with Gasteiger partial charge in [0.1, 0.15) is 0 Å². The molecule has 0 bridgehead atoms. The molecule has 0 aliphatic carbocycles. The molecule has 0 radical (unpaired) electrons. The molecule has 0 fully saturated rings. The van der Waals surface area contributed by atoms with Crippen molar-refractivity contribution in [2.45, 2.75) is 64.7 Å². The lowest BCUT2D eigenvalue weighted by molar-refractivity contribution is -0.137. The predicted octanol–water partition coefficient (Wildman–Crippen LogP) is 2.55. The molecule has 1 amide bonds. The summed E-state index contributed by atoms with van der Waals surface area (Å²) in [6.45, 7) is 3.78. The van der Waals surface area contributed by atoms with Gasteiger partial charge in [-0.25, -0.2) is 0 Å². The Morgan fingerprint density at radius 3 is 2.33 bits per heavy atom. The van der Waals surface area contributed by atoms with E-state index in [1.165, 1.54) is 0 Å². The van der Waals surface area contributed by atoms with Gasteiger partial charge in [0, 0.05) is 18.9 Å². The first kappa shape index (κ1) is 19.9. The van der Waals surface area contributed by atoms with Crippen molar-refractivity contribution >= 4 is 11.9 Å². The second-order valence-corrected chi connectivity index (χ2v) is 5.58. The number of amides is 1. The van der Waals surface area contributed by atoms with E-state index in [2.05, 4.69) is 17.6 Å². The summed E-state index contributed by atoms with van der Waals surface area (Å²) in [5.74, 6) is -0.450. The van der Waals surface area contributed by atoms with Gasteiger partial charge in [-0.15, -0.1) is 0 Å². The number of carboxylic acids is 1. The summed E-state index contributed by atoms with van der Waals surface area (Å²) in [6.07, 6.45) is 7.75. The van der Waals surface area contributed by atoms with Gasteiger partial charge in [0.2, 0.25) is 5.91 Å². The lowest BCUT2D eigenvalue weighted by Crippen LogP contribution is -2.31. The van der Waals surface area contributed by atoms with Gasteiger partial charge in [0.15, 0.2) is 0 Å². The van der Waals surface area contributed by atoms with Crippen LogP contribution in [0.5, 0.6) is 0 Å². The number of carbonyl (C=O) groups is 2. The number of nitrogens with one attached hydrogen (secondary N) is 2. The molecule has 0 aromatic carbocycles. The van der Waals surface area contributed by atoms with Crippen LogP contribution in [0.3, 0.4) is 0 Å². The topological polar surface area (TPSA) is 78.4 Å². The molecule has 0 saturated heterocycles. The van der Waals surface area contributed by atoms with Gasteiger partial charge in [-0.1, -0.05) is 26.2 Å². The molecule has 0 heterocycles. The number of carboxylic acid groups (broad SMARTS) is 1. The minimum Gasteiger partial charge on any atom is -0.481 e. The molecule has 5 nitrogen and oxygen atoms in total. The Morgan fingerprint density at radius 2 is 1.71 bits per heavy atom. The molecule has 0 aliphatic heterocycles. The molecule has 21 heavy (non-hydrogen) atoms. The maximum atomic E-state index is 12.1. The fourth-order valence-electron chi connectivity index (χ4n) is 2.38. The first-order chi connectivity index (χ1) is 10.1. The third-order valence-electron chi connectivity index (χ3n) is 3.60. The predicted molar refractivity (Wildman–Crippen MR) is 85.3 cm³/mol. The molecule has 0 aromatic heterocycles. The Kier molecular flexibility index (Phi) is 13.1. The fraction of sp³-hybridized carbons (Fsp3) is 0.875. The third-order valence-corrected chi connectivity index (χ3v) is 3.60. The summed E-state index contributed by atoms with van der Waals surface area (Å²) < 4.78 is 0. The van der Waals surface area contributed by atoms with Crippen LogP contribution in [0.25, 0.3) is 0 Å². The van der Waals surface area contributed by atoms with E-state index in [4.69, 9.17) is 5.11 Å². The average molecular weight is 300 g/mol. The van der Waals surface area contributed by atoms with Crippen LogP contribution in [-0.2, 0) is 9.59 Å². The minimum atomic E-state index is -0.747. The van der Waals surface area contributed by atoms with Gasteiger partial charge < -0.3 is 15.7 Å². The van der Waals surface area contributed by atoms with E-state index >= 15 is 0 Å². The van der Waals surface area contributed by atoms with Crippen molar-refractivity contribution in [2.24, 2.45) is 5.92 Å². The van der Waals surface area contributed by atoms with Crippen LogP contribution >= 0.6 is 0 Å². The summed E-state index contributed by atoms with van der Waals surface area (Å²) in [4.78, 5) is 22.5. The quantitative estimate of drug-likeness (QED) is 0.431. The van der Waals surface area contributed by atoms with Crippen molar-refractivity contribution in [3.8, 4) is 0 Å². The molecule has 0 aliphatic rings. The number of hydrogen-bond acceptors (Lipinski definition) is 3. The number of carbonyl (C=O) groups excluding carboxylic acids is 1. The van der Waals surface area contributed by atoms with E-state index in [0.29, 0.717) is 13.0 Å². The third kappa shape index (κ3) is 12.4. The zero-order valence-corrected chi connectivity index (χ0v) is 13.6. The first-order valence-corrected chi connectivity index (χ1v) is 8.25. The van der Waals surface area contributed by atoms with Gasteiger partial charge in [0.05, 0.1) is 0 Å². The number of unbranched alkanes of at least 4 members (excludes halogenated alkanes) is 3. The van der Waals surface area contributed by atoms with Crippen LogP contribution in [0.2, 0.25) is 0 Å². The Bertz CT molecular complexity index is 283. The number of aliphatic carboxylic acids is 1. The van der Waals surface area contributed by atoms with Crippen molar-refractivity contribution < 1.29 is 14.7 Å². The van der Waals surface area contributed by atoms with E-state index in [1.54, 1.807) is 0 Å². The molecule has 5 heteroatoms. The Hall–Kier alpha value is -1.10. The standard InChI is InChI=1S/C16H32N2O3/c1-3-9-14(10-6-8-12-17-2)16(21)18-13-7-4-5-11-15(19)20/h14,17H,3-13H2,1-2H3,(H,18,21)(H,19,20). The number of rotatable bonds is 14. The highest BCUT2D eigenvalue weighted by Gasteiger charge is 2.16. The SMILES string of the molecule is CCCC(CCCCNC)C(=O)NCCCCCC(=O)O. The maximum Gasteiger partial charge on any atom is 0.303 e. The largest absolute Gasteiger partial charge is 0.481 e. The van der Waals surface area contributed by atoms with Gasteiger partial charge in [0.25, 0.3) is 0 Å². The summed E-state index contributed by atoms with van der Waals surface area (Å²) in [5.41, 5.74) is 0. The molecule has 0 rings (SSSR count). The Balaban J connectivity index is 3.76. The summed E-state index contributed by atoms with van der Waals surface area (Å²) in [5, 5.41) is 14.7. The zero-order chi connectivity index (χ0) is 15.9. The molecule has 0 aromatic rings. The van der Waals surface area contributed by atoms with Gasteiger partial charge in [-0.05, 0) is 45.7 Å². The molecule has 3 N–H and O–H groups in total. The van der Waals surface area contributed by atoms with Crippen molar-refractivity contribution in [1.82, 2.24) is 10.6 Å². The van der Waals surface area contributed by atoms with E-state index in [1.807, 2.05) is 7.05 Å². The van der Waals surface area contributed by atoms with E-state index in [-0.39, 0.29) is 18.2 Å². The second-order valence-electron chi connectivity index (χ2n) is 5.58. The maximum absolute atomic E-state index is 12.1. The first-order valence-electron chi connectivity index (χ1n) is 8.25. The average Bonchev–Trinajstić information content (AvgIpc) is 2.45. The summed E-state index contributed by atoms with van der Waals surface area (Å²) in [7, 11) is 1.95. The monoisotopic (exact) mass is 300 g/mol. The minimum absolute atomic E-state index is 0.130.